The molecular weight excluding hydrogens is 218 g/mol. The molecule has 0 aliphatic carbocycles. The van der Waals surface area contributed by atoms with Gasteiger partial charge in [0.05, 0.1) is 5.92 Å². The summed E-state index contributed by atoms with van der Waals surface area (Å²) >= 11 is 0. The number of imidazole rings is 1. The van der Waals surface area contributed by atoms with E-state index in [-0.39, 0.29) is 5.92 Å². The Kier molecular flexibility index (Phi) is 3.53. The summed E-state index contributed by atoms with van der Waals surface area (Å²) in [5, 5.41) is 7.25. The molecule has 0 saturated carbocycles. The quantitative estimate of drug-likeness (QED) is 0.822. The third-order valence-electron chi connectivity index (χ3n) is 2.82. The van der Waals surface area contributed by atoms with Crippen LogP contribution >= 0.6 is 0 Å². The molecule has 0 saturated heterocycles. The summed E-state index contributed by atoms with van der Waals surface area (Å²) in [4.78, 5) is 11.4. The van der Waals surface area contributed by atoms with Gasteiger partial charge in [0.1, 0.15) is 0 Å². The predicted octanol–water partition coefficient (Wildman–Crippen LogP) is 1.56. The monoisotopic (exact) mass is 235 g/mol. The zero-order valence-electron chi connectivity index (χ0n) is 10.3. The minimum absolute atomic E-state index is 0.172. The molecule has 2 N–H and O–H groups in total. The first-order valence-electron chi connectivity index (χ1n) is 5.79. The summed E-state index contributed by atoms with van der Waals surface area (Å²) in [6.07, 6.45) is 3.39. The van der Waals surface area contributed by atoms with Crippen LogP contribution in [-0.4, -0.2) is 32.7 Å². The van der Waals surface area contributed by atoms with Crippen LogP contribution in [0.1, 0.15) is 32.6 Å². The van der Waals surface area contributed by atoms with Gasteiger partial charge < -0.3 is 14.8 Å². The molecule has 2 rings (SSSR count). The fourth-order valence-corrected chi connectivity index (χ4v) is 1.62. The van der Waals surface area contributed by atoms with Crippen molar-refractivity contribution in [3.8, 4) is 11.6 Å². The average Bonchev–Trinajstić information content (AvgIpc) is 2.98. The van der Waals surface area contributed by atoms with E-state index in [4.69, 9.17) is 4.52 Å². The van der Waals surface area contributed by atoms with Crippen LogP contribution in [0.25, 0.3) is 11.6 Å². The van der Waals surface area contributed by atoms with Gasteiger partial charge in [0.2, 0.25) is 11.7 Å². The Hall–Kier alpha value is -1.69. The molecule has 0 bridgehead atoms. The third kappa shape index (κ3) is 2.52. The number of nitrogens with zero attached hydrogens (tertiary/aromatic N) is 3. The van der Waals surface area contributed by atoms with Crippen LogP contribution in [0, 0.1) is 0 Å². The van der Waals surface area contributed by atoms with Crippen molar-refractivity contribution in [2.45, 2.75) is 32.7 Å². The lowest BCUT2D eigenvalue weighted by Crippen LogP contribution is -2.30. The molecule has 92 valence electrons. The van der Waals surface area contributed by atoms with Crippen molar-refractivity contribution in [1.29, 1.82) is 0 Å². The third-order valence-corrected chi connectivity index (χ3v) is 2.82. The Morgan fingerprint density at radius 2 is 2.29 bits per heavy atom. The molecule has 0 aromatic carbocycles. The fourth-order valence-electron chi connectivity index (χ4n) is 1.62. The number of aromatic nitrogens is 4. The predicted molar refractivity (Wildman–Crippen MR) is 63.4 cm³/mol. The van der Waals surface area contributed by atoms with Gasteiger partial charge in [0, 0.05) is 18.4 Å². The van der Waals surface area contributed by atoms with Crippen LogP contribution in [0.2, 0.25) is 0 Å². The van der Waals surface area contributed by atoms with Crippen LogP contribution in [-0.2, 0) is 0 Å². The van der Waals surface area contributed by atoms with Gasteiger partial charge in [-0.15, -0.1) is 0 Å². The molecule has 6 nitrogen and oxygen atoms in total. The van der Waals surface area contributed by atoms with Crippen LogP contribution in [0.3, 0.4) is 0 Å². The Balaban J connectivity index is 2.13. The summed E-state index contributed by atoms with van der Waals surface area (Å²) < 4.78 is 5.26. The van der Waals surface area contributed by atoms with Gasteiger partial charge in [0.25, 0.3) is 0 Å². The maximum absolute atomic E-state index is 5.26. The van der Waals surface area contributed by atoms with Crippen molar-refractivity contribution in [2.75, 3.05) is 6.54 Å². The first-order chi connectivity index (χ1) is 8.22. The SMILES string of the molecule is CCNC(C)C(C)c1nc(-c2ncc[nH]2)no1. The smallest absolute Gasteiger partial charge is 0.238 e. The van der Waals surface area contributed by atoms with E-state index < -0.39 is 0 Å². The second kappa shape index (κ2) is 5.09. The summed E-state index contributed by atoms with van der Waals surface area (Å²) in [5.41, 5.74) is 0. The Labute approximate surface area is 99.8 Å². The van der Waals surface area contributed by atoms with Gasteiger partial charge in [-0.2, -0.15) is 4.98 Å². The number of rotatable bonds is 5. The van der Waals surface area contributed by atoms with Crippen molar-refractivity contribution in [1.82, 2.24) is 25.4 Å². The lowest BCUT2D eigenvalue weighted by atomic mass is 10.0. The van der Waals surface area contributed by atoms with E-state index in [1.54, 1.807) is 12.4 Å². The van der Waals surface area contributed by atoms with E-state index >= 15 is 0 Å². The van der Waals surface area contributed by atoms with Crippen LogP contribution in [0.15, 0.2) is 16.9 Å². The largest absolute Gasteiger partial charge is 0.342 e. The number of nitrogens with one attached hydrogen (secondary N) is 2. The lowest BCUT2D eigenvalue weighted by molar-refractivity contribution is 0.332. The van der Waals surface area contributed by atoms with Crippen LogP contribution in [0.4, 0.5) is 0 Å². The number of hydrogen-bond donors (Lipinski definition) is 2. The molecule has 0 aliphatic heterocycles. The molecule has 0 aliphatic rings. The van der Waals surface area contributed by atoms with Crippen LogP contribution < -0.4 is 5.32 Å². The van der Waals surface area contributed by atoms with Crippen molar-refractivity contribution >= 4 is 0 Å². The highest BCUT2D eigenvalue weighted by atomic mass is 16.5. The van der Waals surface area contributed by atoms with Crippen molar-refractivity contribution in [3.63, 3.8) is 0 Å². The van der Waals surface area contributed by atoms with E-state index in [2.05, 4.69) is 46.2 Å². The molecule has 6 heteroatoms. The standard InChI is InChI=1S/C11H17N5O/c1-4-12-8(3)7(2)11-15-10(16-17-11)9-13-5-6-14-9/h5-8,12H,4H2,1-3H3,(H,13,14). The highest BCUT2D eigenvalue weighted by molar-refractivity contribution is 5.40. The number of aromatic amines is 1. The highest BCUT2D eigenvalue weighted by Crippen LogP contribution is 2.19. The van der Waals surface area contributed by atoms with E-state index in [1.165, 1.54) is 0 Å². The van der Waals surface area contributed by atoms with Gasteiger partial charge in [-0.25, -0.2) is 4.98 Å². The van der Waals surface area contributed by atoms with Gasteiger partial charge in [-0.3, -0.25) is 0 Å². The normalized spacial score (nSPS) is 14.8. The van der Waals surface area contributed by atoms with Crippen molar-refractivity contribution in [3.05, 3.63) is 18.3 Å². The second-order valence-corrected chi connectivity index (χ2v) is 4.03. The molecule has 0 radical (unpaired) electrons. The molecule has 2 aromatic rings. The van der Waals surface area contributed by atoms with Crippen molar-refractivity contribution in [2.24, 2.45) is 0 Å². The molecule has 17 heavy (non-hydrogen) atoms. The Morgan fingerprint density at radius 1 is 1.47 bits per heavy atom. The highest BCUT2D eigenvalue weighted by Gasteiger charge is 2.20. The van der Waals surface area contributed by atoms with Crippen LogP contribution in [0.5, 0.6) is 0 Å². The summed E-state index contributed by atoms with van der Waals surface area (Å²) in [7, 11) is 0. The Morgan fingerprint density at radius 3 is 2.94 bits per heavy atom. The molecule has 2 atom stereocenters. The van der Waals surface area contributed by atoms with Gasteiger partial charge in [-0.05, 0) is 13.5 Å². The minimum atomic E-state index is 0.172. The van der Waals surface area contributed by atoms with E-state index in [1.807, 2.05) is 0 Å². The van der Waals surface area contributed by atoms with E-state index in [9.17, 15) is 0 Å². The molecule has 0 amide bonds. The van der Waals surface area contributed by atoms with Gasteiger partial charge in [-0.1, -0.05) is 19.0 Å². The molecule has 2 aromatic heterocycles. The lowest BCUT2D eigenvalue weighted by Gasteiger charge is -2.16. The minimum Gasteiger partial charge on any atom is -0.342 e. The topological polar surface area (TPSA) is 79.6 Å². The molecular formula is C11H17N5O. The van der Waals surface area contributed by atoms with Crippen molar-refractivity contribution < 1.29 is 4.52 Å². The summed E-state index contributed by atoms with van der Waals surface area (Å²) in [6, 6.07) is 0.296. The zero-order valence-corrected chi connectivity index (χ0v) is 10.3. The average molecular weight is 235 g/mol. The first kappa shape index (κ1) is 11.8. The van der Waals surface area contributed by atoms with E-state index in [0.29, 0.717) is 23.6 Å². The molecule has 0 spiro atoms. The first-order valence-corrected chi connectivity index (χ1v) is 5.79. The molecule has 0 fully saturated rings. The molecule has 2 unspecified atom stereocenters. The number of H-pyrrole nitrogens is 1. The fraction of sp³-hybridized carbons (Fsp3) is 0.545. The second-order valence-electron chi connectivity index (χ2n) is 4.03. The summed E-state index contributed by atoms with van der Waals surface area (Å²) in [5.74, 6) is 1.93. The van der Waals surface area contributed by atoms with E-state index in [0.717, 1.165) is 6.54 Å². The number of likely N-dealkylation sites (N-methyl/N-ethyl adjacent to an activating group) is 1. The maximum Gasteiger partial charge on any atom is 0.238 e. The molecule has 2 heterocycles. The zero-order chi connectivity index (χ0) is 12.3. The maximum atomic E-state index is 5.26. The number of hydrogen-bond acceptors (Lipinski definition) is 5. The summed E-state index contributed by atoms with van der Waals surface area (Å²) in [6.45, 7) is 7.16. The van der Waals surface area contributed by atoms with Gasteiger partial charge in [0.15, 0.2) is 5.82 Å². The van der Waals surface area contributed by atoms with Gasteiger partial charge >= 0.3 is 0 Å². The Bertz CT molecular complexity index is 450.